The van der Waals surface area contributed by atoms with Gasteiger partial charge in [-0.3, -0.25) is 14.5 Å². The Morgan fingerprint density at radius 2 is 1.79 bits per heavy atom. The second-order valence-corrected chi connectivity index (χ2v) is 9.89. The van der Waals surface area contributed by atoms with Gasteiger partial charge in [-0.1, -0.05) is 24.3 Å². The summed E-state index contributed by atoms with van der Waals surface area (Å²) in [7, 11) is 3.63. The Hall–Kier alpha value is -2.60. The number of carbonyl (C=O) groups excluding carboxylic acids is 1. The first-order valence-electron chi connectivity index (χ1n) is 12.3. The molecule has 1 saturated carbocycles. The minimum Gasteiger partial charge on any atom is -0.477 e. The van der Waals surface area contributed by atoms with Crippen LogP contribution in [-0.4, -0.2) is 53.5 Å². The van der Waals surface area contributed by atoms with E-state index < -0.39 is 5.60 Å². The first kappa shape index (κ1) is 23.6. The molecule has 0 unspecified atom stereocenters. The van der Waals surface area contributed by atoms with Gasteiger partial charge in [0.25, 0.3) is 11.5 Å². The van der Waals surface area contributed by atoms with E-state index in [2.05, 4.69) is 22.0 Å². The third-order valence-corrected chi connectivity index (χ3v) is 7.31. The number of hydrogen-bond donors (Lipinski definition) is 1. The highest BCUT2D eigenvalue weighted by Gasteiger charge is 2.44. The highest BCUT2D eigenvalue weighted by molar-refractivity contribution is 5.85. The van der Waals surface area contributed by atoms with Gasteiger partial charge in [-0.25, -0.2) is 0 Å². The fourth-order valence-corrected chi connectivity index (χ4v) is 5.35. The Morgan fingerprint density at radius 1 is 1.09 bits per heavy atom. The topological polar surface area (TPSA) is 65.6 Å². The summed E-state index contributed by atoms with van der Waals surface area (Å²) in [5, 5.41) is 0. The van der Waals surface area contributed by atoms with Crippen LogP contribution in [0.1, 0.15) is 56.1 Å². The fraction of sp³-hybridized carbons (Fsp3) is 0.556. The molecule has 33 heavy (non-hydrogen) atoms. The van der Waals surface area contributed by atoms with Crippen LogP contribution in [-0.2, 0) is 17.8 Å². The average molecular weight is 452 g/mol. The number of H-pyrrole nitrogens is 1. The summed E-state index contributed by atoms with van der Waals surface area (Å²) in [6, 6.07) is 12.1. The number of aromatic amines is 1. The van der Waals surface area contributed by atoms with Crippen LogP contribution >= 0.6 is 0 Å². The molecule has 178 valence electrons. The lowest BCUT2D eigenvalue weighted by Gasteiger charge is -2.33. The number of ether oxygens (including phenoxy) is 1. The number of rotatable bonds is 8. The maximum absolute atomic E-state index is 12.9. The van der Waals surface area contributed by atoms with Gasteiger partial charge >= 0.3 is 0 Å². The van der Waals surface area contributed by atoms with Gasteiger partial charge in [-0.05, 0) is 88.1 Å². The Kier molecular flexibility index (Phi) is 7.53. The third-order valence-electron chi connectivity index (χ3n) is 7.31. The van der Waals surface area contributed by atoms with E-state index in [1.54, 1.807) is 11.1 Å². The van der Waals surface area contributed by atoms with E-state index in [0.717, 1.165) is 82.3 Å². The number of para-hydroxylation sites is 1. The Labute approximate surface area is 196 Å². The zero-order chi connectivity index (χ0) is 23.3. The van der Waals surface area contributed by atoms with Crippen molar-refractivity contribution in [2.45, 2.75) is 63.5 Å². The molecular weight excluding hydrogens is 414 g/mol. The van der Waals surface area contributed by atoms with Crippen molar-refractivity contribution in [3.63, 3.8) is 0 Å². The van der Waals surface area contributed by atoms with E-state index in [-0.39, 0.29) is 11.5 Å². The van der Waals surface area contributed by atoms with E-state index in [1.807, 2.05) is 38.4 Å². The molecule has 1 aliphatic carbocycles. The molecule has 2 heterocycles. The van der Waals surface area contributed by atoms with Gasteiger partial charge in [0.05, 0.1) is 0 Å². The number of nitrogens with zero attached hydrogens (tertiary/aromatic N) is 2. The van der Waals surface area contributed by atoms with Crippen molar-refractivity contribution < 1.29 is 9.53 Å². The van der Waals surface area contributed by atoms with Crippen LogP contribution in [0.5, 0.6) is 5.75 Å². The van der Waals surface area contributed by atoms with Gasteiger partial charge in [0.2, 0.25) is 0 Å². The molecule has 0 atom stereocenters. The second kappa shape index (κ2) is 10.6. The lowest BCUT2D eigenvalue weighted by atomic mass is 9.90. The summed E-state index contributed by atoms with van der Waals surface area (Å²) >= 11 is 0. The highest BCUT2D eigenvalue weighted by atomic mass is 16.5. The first-order chi connectivity index (χ1) is 16.0. The smallest absolute Gasteiger partial charge is 0.266 e. The first-order valence-corrected chi connectivity index (χ1v) is 12.3. The second-order valence-electron chi connectivity index (χ2n) is 9.89. The SMILES string of the molecule is CN(C)C(=O)C1(Oc2ccccc2CCC2CCN(Cc3ccc[nH]c3=O)CC2)CCCC1. The van der Waals surface area contributed by atoms with Crippen molar-refractivity contribution in [3.8, 4) is 5.75 Å². The van der Waals surface area contributed by atoms with Gasteiger partial charge in [0.15, 0.2) is 5.60 Å². The largest absolute Gasteiger partial charge is 0.477 e. The van der Waals surface area contributed by atoms with Crippen LogP contribution in [0.3, 0.4) is 0 Å². The van der Waals surface area contributed by atoms with Crippen LogP contribution in [0.25, 0.3) is 0 Å². The van der Waals surface area contributed by atoms with Crippen molar-refractivity contribution in [1.29, 1.82) is 0 Å². The summed E-state index contributed by atoms with van der Waals surface area (Å²) in [5.41, 5.74) is 1.35. The number of aromatic nitrogens is 1. The summed E-state index contributed by atoms with van der Waals surface area (Å²) < 4.78 is 6.52. The lowest BCUT2D eigenvalue weighted by Crippen LogP contribution is -2.48. The molecule has 2 aromatic rings. The van der Waals surface area contributed by atoms with E-state index in [0.29, 0.717) is 5.92 Å². The fourth-order valence-electron chi connectivity index (χ4n) is 5.35. The van der Waals surface area contributed by atoms with Gasteiger partial charge in [-0.2, -0.15) is 0 Å². The molecule has 6 nitrogen and oxygen atoms in total. The molecule has 0 radical (unpaired) electrons. The van der Waals surface area contributed by atoms with Gasteiger partial charge in [0.1, 0.15) is 5.75 Å². The minimum atomic E-state index is -0.708. The highest BCUT2D eigenvalue weighted by Crippen LogP contribution is 2.37. The average Bonchev–Trinajstić information content (AvgIpc) is 3.30. The van der Waals surface area contributed by atoms with Crippen molar-refractivity contribution in [3.05, 3.63) is 64.1 Å². The van der Waals surface area contributed by atoms with E-state index in [9.17, 15) is 9.59 Å². The van der Waals surface area contributed by atoms with Crippen molar-refractivity contribution in [1.82, 2.24) is 14.8 Å². The van der Waals surface area contributed by atoms with Crippen LogP contribution in [0.15, 0.2) is 47.4 Å². The Bertz CT molecular complexity index is 986. The van der Waals surface area contributed by atoms with Gasteiger partial charge in [-0.15, -0.1) is 0 Å². The molecule has 0 bridgehead atoms. The van der Waals surface area contributed by atoms with E-state index in [1.165, 1.54) is 5.56 Å². The number of piperidine rings is 1. The molecule has 2 aliphatic rings. The monoisotopic (exact) mass is 451 g/mol. The Morgan fingerprint density at radius 3 is 2.48 bits per heavy atom. The predicted molar refractivity (Wildman–Crippen MR) is 130 cm³/mol. The summed E-state index contributed by atoms with van der Waals surface area (Å²) in [4.78, 5) is 31.7. The van der Waals surface area contributed by atoms with Gasteiger partial charge < -0.3 is 14.6 Å². The minimum absolute atomic E-state index is 0.0176. The molecule has 1 aromatic carbocycles. The van der Waals surface area contributed by atoms with E-state index >= 15 is 0 Å². The number of amides is 1. The molecule has 4 rings (SSSR count). The maximum atomic E-state index is 12.9. The maximum Gasteiger partial charge on any atom is 0.266 e. The predicted octanol–water partition coefficient (Wildman–Crippen LogP) is 4.00. The van der Waals surface area contributed by atoms with E-state index in [4.69, 9.17) is 4.74 Å². The summed E-state index contributed by atoms with van der Waals surface area (Å²) in [6.45, 7) is 2.77. The van der Waals surface area contributed by atoms with Crippen LogP contribution < -0.4 is 10.3 Å². The zero-order valence-corrected chi connectivity index (χ0v) is 20.0. The summed E-state index contributed by atoms with van der Waals surface area (Å²) in [5.74, 6) is 1.63. The standard InChI is InChI=1S/C27H37N3O3/c1-29(2)26(32)27(15-5-6-16-27)33-24-10-4-3-8-22(24)12-11-21-13-18-30(19-14-21)20-23-9-7-17-28-25(23)31/h3-4,7-10,17,21H,5-6,11-16,18-20H2,1-2H3,(H,28,31). The van der Waals surface area contributed by atoms with Crippen molar-refractivity contribution in [2.75, 3.05) is 27.2 Å². The number of likely N-dealkylation sites (N-methyl/N-ethyl adjacent to an activating group) is 1. The quantitative estimate of drug-likeness (QED) is 0.659. The van der Waals surface area contributed by atoms with Crippen molar-refractivity contribution >= 4 is 5.91 Å². The number of benzene rings is 1. The number of nitrogens with one attached hydrogen (secondary N) is 1. The Balaban J connectivity index is 1.33. The van der Waals surface area contributed by atoms with Crippen LogP contribution in [0, 0.1) is 5.92 Å². The number of likely N-dealkylation sites (tertiary alicyclic amines) is 1. The van der Waals surface area contributed by atoms with Gasteiger partial charge in [0, 0.05) is 32.4 Å². The molecule has 1 amide bonds. The molecule has 0 spiro atoms. The normalized spacial score (nSPS) is 18.8. The summed E-state index contributed by atoms with van der Waals surface area (Å²) in [6.07, 6.45) is 9.73. The molecule has 1 aromatic heterocycles. The molecule has 6 heteroatoms. The molecule has 1 saturated heterocycles. The molecule has 2 fully saturated rings. The third kappa shape index (κ3) is 5.67. The molecular formula is C27H37N3O3. The van der Waals surface area contributed by atoms with Crippen LogP contribution in [0.4, 0.5) is 0 Å². The molecule has 1 aliphatic heterocycles. The zero-order valence-electron chi connectivity index (χ0n) is 20.0. The van der Waals surface area contributed by atoms with Crippen LogP contribution in [0.2, 0.25) is 0 Å². The number of aryl methyl sites for hydroxylation is 1. The number of pyridine rings is 1. The van der Waals surface area contributed by atoms with Crippen molar-refractivity contribution in [2.24, 2.45) is 5.92 Å². The number of carbonyl (C=O) groups is 1. The molecule has 1 N–H and O–H groups in total. The lowest BCUT2D eigenvalue weighted by molar-refractivity contribution is -0.145. The number of hydrogen-bond acceptors (Lipinski definition) is 4.